The molecule has 120 valence electrons. The minimum Gasteiger partial charge on any atom is -0.268 e. The lowest BCUT2D eigenvalue weighted by molar-refractivity contribution is 0.627. The van der Waals surface area contributed by atoms with Crippen LogP contribution in [0, 0.1) is 17.1 Å². The third-order valence-electron chi connectivity index (χ3n) is 3.49. The second kappa shape index (κ2) is 7.28. The topological polar surface area (TPSA) is 58.7 Å². The van der Waals surface area contributed by atoms with Crippen molar-refractivity contribution in [1.29, 1.82) is 5.26 Å². The largest absolute Gasteiger partial charge is 0.268 e. The van der Waals surface area contributed by atoms with Crippen LogP contribution in [-0.4, -0.2) is 15.3 Å². The Morgan fingerprint density at radius 3 is 2.67 bits per heavy atom. The number of fused-ring (bicyclic) bond motifs is 1. The Morgan fingerprint density at radius 1 is 1.17 bits per heavy atom. The van der Waals surface area contributed by atoms with Crippen molar-refractivity contribution in [2.45, 2.75) is 18.0 Å². The average Bonchev–Trinajstić information content (AvgIpc) is 2.60. The van der Waals surface area contributed by atoms with Gasteiger partial charge in [-0.25, -0.2) is 9.37 Å². The predicted octanol–water partition coefficient (Wildman–Crippen LogP) is 3.92. The number of benzene rings is 2. The summed E-state index contributed by atoms with van der Waals surface area (Å²) in [4.78, 5) is 17.5. The van der Waals surface area contributed by atoms with Crippen LogP contribution < -0.4 is 5.56 Å². The Balaban J connectivity index is 2.12. The van der Waals surface area contributed by atoms with Gasteiger partial charge in [-0.1, -0.05) is 23.9 Å². The lowest BCUT2D eigenvalue weighted by Crippen LogP contribution is -2.21. The van der Waals surface area contributed by atoms with E-state index < -0.39 is 0 Å². The maximum absolute atomic E-state index is 13.2. The van der Waals surface area contributed by atoms with Crippen LogP contribution in [0.3, 0.4) is 0 Å². The first-order chi connectivity index (χ1) is 11.7. The molecule has 1 aromatic heterocycles. The number of thioether (sulfide) groups is 1. The van der Waals surface area contributed by atoms with Gasteiger partial charge >= 0.3 is 0 Å². The van der Waals surface area contributed by atoms with Crippen LogP contribution in [0.25, 0.3) is 16.6 Å². The van der Waals surface area contributed by atoms with E-state index in [1.165, 1.54) is 28.5 Å². The van der Waals surface area contributed by atoms with Crippen LogP contribution in [-0.2, 0) is 0 Å². The molecule has 0 radical (unpaired) electrons. The van der Waals surface area contributed by atoms with Gasteiger partial charge in [0.05, 0.1) is 22.7 Å². The molecule has 0 atom stereocenters. The van der Waals surface area contributed by atoms with Crippen molar-refractivity contribution in [2.75, 3.05) is 5.75 Å². The number of nitrogens with zero attached hydrogens (tertiary/aromatic N) is 3. The minimum absolute atomic E-state index is 0.185. The van der Waals surface area contributed by atoms with E-state index in [9.17, 15) is 9.18 Å². The lowest BCUT2D eigenvalue weighted by atomic mass is 10.2. The monoisotopic (exact) mass is 339 g/mol. The van der Waals surface area contributed by atoms with Crippen molar-refractivity contribution in [2.24, 2.45) is 0 Å². The van der Waals surface area contributed by atoms with E-state index in [4.69, 9.17) is 5.26 Å². The molecule has 0 saturated heterocycles. The molecule has 0 spiro atoms. The van der Waals surface area contributed by atoms with E-state index in [1.54, 1.807) is 30.3 Å². The van der Waals surface area contributed by atoms with E-state index in [1.807, 2.05) is 6.07 Å². The van der Waals surface area contributed by atoms with Gasteiger partial charge in [0.2, 0.25) is 0 Å². The van der Waals surface area contributed by atoms with Gasteiger partial charge in [-0.15, -0.1) is 0 Å². The highest BCUT2D eigenvalue weighted by molar-refractivity contribution is 7.99. The number of nitriles is 1. The molecule has 1 heterocycles. The maximum Gasteiger partial charge on any atom is 0.266 e. The predicted molar refractivity (Wildman–Crippen MR) is 92.9 cm³/mol. The molecule has 0 aliphatic rings. The Hall–Kier alpha value is -2.65. The second-order valence-corrected chi connectivity index (χ2v) is 6.20. The molecular formula is C18H14FN3OS. The fourth-order valence-electron chi connectivity index (χ4n) is 2.34. The summed E-state index contributed by atoms with van der Waals surface area (Å²) in [5.41, 5.74) is 1.01. The smallest absolute Gasteiger partial charge is 0.266 e. The van der Waals surface area contributed by atoms with Crippen LogP contribution in [0.4, 0.5) is 4.39 Å². The number of aromatic nitrogens is 2. The van der Waals surface area contributed by atoms with Gasteiger partial charge in [-0.05, 0) is 42.8 Å². The maximum atomic E-state index is 13.2. The highest BCUT2D eigenvalue weighted by atomic mass is 32.2. The van der Waals surface area contributed by atoms with Crippen molar-refractivity contribution in [3.05, 3.63) is 64.7 Å². The van der Waals surface area contributed by atoms with Gasteiger partial charge < -0.3 is 0 Å². The molecule has 4 nitrogen and oxygen atoms in total. The molecule has 0 fully saturated rings. The number of rotatable bonds is 5. The summed E-state index contributed by atoms with van der Waals surface area (Å²) in [6, 6.07) is 15.0. The normalized spacial score (nSPS) is 10.7. The molecule has 0 aliphatic carbocycles. The number of halogens is 1. The molecule has 24 heavy (non-hydrogen) atoms. The van der Waals surface area contributed by atoms with Crippen molar-refractivity contribution in [1.82, 2.24) is 9.55 Å². The van der Waals surface area contributed by atoms with Crippen molar-refractivity contribution >= 4 is 22.7 Å². The molecule has 3 rings (SSSR count). The van der Waals surface area contributed by atoms with Crippen molar-refractivity contribution in [3.63, 3.8) is 0 Å². The van der Waals surface area contributed by atoms with E-state index >= 15 is 0 Å². The van der Waals surface area contributed by atoms with E-state index in [0.717, 1.165) is 0 Å². The summed E-state index contributed by atoms with van der Waals surface area (Å²) in [7, 11) is 0. The third kappa shape index (κ3) is 3.31. The fraction of sp³-hybridized carbons (Fsp3) is 0.167. The second-order valence-electron chi connectivity index (χ2n) is 5.14. The third-order valence-corrected chi connectivity index (χ3v) is 4.52. The standard InChI is InChI=1S/C18H14FN3OS/c19-13-7-9-14(10-8-13)22-17(23)15-5-1-2-6-16(15)21-18(22)24-12-4-3-11-20/h1-2,5-10H,3-4,12H2. The SMILES string of the molecule is N#CCCCSc1nc2ccccc2c(=O)n1-c1ccc(F)cc1. The van der Waals surface area contributed by atoms with E-state index in [2.05, 4.69) is 11.1 Å². The molecule has 0 unspecified atom stereocenters. The highest BCUT2D eigenvalue weighted by Crippen LogP contribution is 2.22. The Morgan fingerprint density at radius 2 is 1.92 bits per heavy atom. The summed E-state index contributed by atoms with van der Waals surface area (Å²) in [6.45, 7) is 0. The molecule has 0 aliphatic heterocycles. The molecule has 3 aromatic rings. The van der Waals surface area contributed by atoms with Gasteiger partial charge in [-0.3, -0.25) is 9.36 Å². The zero-order valence-corrected chi connectivity index (χ0v) is 13.6. The van der Waals surface area contributed by atoms with E-state index in [0.29, 0.717) is 40.3 Å². The van der Waals surface area contributed by atoms with Gasteiger partial charge in [0.25, 0.3) is 5.56 Å². The molecule has 0 amide bonds. The van der Waals surface area contributed by atoms with Gasteiger partial charge in [0.1, 0.15) is 5.82 Å². The lowest BCUT2D eigenvalue weighted by Gasteiger charge is -2.13. The number of hydrogen-bond acceptors (Lipinski definition) is 4. The van der Waals surface area contributed by atoms with Crippen molar-refractivity contribution in [3.8, 4) is 11.8 Å². The number of hydrogen-bond donors (Lipinski definition) is 0. The van der Waals surface area contributed by atoms with Gasteiger partial charge in [0, 0.05) is 12.2 Å². The van der Waals surface area contributed by atoms with Crippen LogP contribution in [0.15, 0.2) is 58.5 Å². The Bertz CT molecular complexity index is 961. The number of para-hydroxylation sites is 1. The molecule has 0 bridgehead atoms. The molecule has 2 aromatic carbocycles. The zero-order chi connectivity index (χ0) is 16.9. The summed E-state index contributed by atoms with van der Waals surface area (Å²) in [5, 5.41) is 9.70. The Labute approximate surface area is 142 Å². The first kappa shape index (κ1) is 16.2. The minimum atomic E-state index is -0.358. The average molecular weight is 339 g/mol. The van der Waals surface area contributed by atoms with Crippen LogP contribution >= 0.6 is 11.8 Å². The highest BCUT2D eigenvalue weighted by Gasteiger charge is 2.13. The van der Waals surface area contributed by atoms with Crippen LogP contribution in [0.5, 0.6) is 0 Å². The molecule has 0 saturated carbocycles. The molecular weight excluding hydrogens is 325 g/mol. The van der Waals surface area contributed by atoms with Crippen LogP contribution in [0.1, 0.15) is 12.8 Å². The van der Waals surface area contributed by atoms with Gasteiger partial charge in [0.15, 0.2) is 5.16 Å². The quantitative estimate of drug-likeness (QED) is 0.402. The summed E-state index contributed by atoms with van der Waals surface area (Å²) in [6.07, 6.45) is 1.18. The summed E-state index contributed by atoms with van der Waals surface area (Å²) >= 11 is 1.42. The van der Waals surface area contributed by atoms with Crippen LogP contribution in [0.2, 0.25) is 0 Å². The zero-order valence-electron chi connectivity index (χ0n) is 12.8. The van der Waals surface area contributed by atoms with Crippen molar-refractivity contribution < 1.29 is 4.39 Å². The molecule has 6 heteroatoms. The number of unbranched alkanes of at least 4 members (excludes halogenated alkanes) is 1. The Kier molecular flexibility index (Phi) is 4.92. The summed E-state index contributed by atoms with van der Waals surface area (Å²) < 4.78 is 14.7. The first-order valence-corrected chi connectivity index (χ1v) is 8.47. The molecule has 0 N–H and O–H groups in total. The van der Waals surface area contributed by atoms with E-state index in [-0.39, 0.29) is 11.4 Å². The summed E-state index contributed by atoms with van der Waals surface area (Å²) in [5.74, 6) is 0.322. The fourth-order valence-corrected chi connectivity index (χ4v) is 3.29. The van der Waals surface area contributed by atoms with Gasteiger partial charge in [-0.2, -0.15) is 5.26 Å². The first-order valence-electron chi connectivity index (χ1n) is 7.48.